The molecular weight excluding hydrogens is 286 g/mol. The van der Waals surface area contributed by atoms with Crippen molar-refractivity contribution in [2.45, 2.75) is 23.8 Å². The predicted octanol–water partition coefficient (Wildman–Crippen LogP) is 1.08. The Morgan fingerprint density at radius 3 is 2.11 bits per heavy atom. The normalized spacial score (nSPS) is 20.1. The first kappa shape index (κ1) is 14.3. The predicted molar refractivity (Wildman–Crippen MR) is 74.9 cm³/mol. The third-order valence-corrected chi connectivity index (χ3v) is 6.05. The molecule has 1 saturated heterocycles. The lowest BCUT2D eigenvalue weighted by molar-refractivity contribution is 0.559. The lowest BCUT2D eigenvalue weighted by Gasteiger charge is -2.24. The van der Waals surface area contributed by atoms with Gasteiger partial charge in [-0.25, -0.2) is 16.8 Å². The molecule has 0 atom stereocenters. The number of hydrogen-bond acceptors (Lipinski definition) is 5. The fourth-order valence-electron chi connectivity index (χ4n) is 2.07. The van der Waals surface area contributed by atoms with Crippen molar-refractivity contribution in [2.24, 2.45) is 0 Å². The lowest BCUT2D eigenvalue weighted by atomic mass is 10.1. The Bertz CT molecular complexity index is 633. The van der Waals surface area contributed by atoms with Gasteiger partial charge < -0.3 is 5.32 Å². The van der Waals surface area contributed by atoms with Crippen molar-refractivity contribution in [3.63, 3.8) is 0 Å². The van der Waals surface area contributed by atoms with Crippen LogP contribution in [0.3, 0.4) is 0 Å². The first-order chi connectivity index (χ1) is 8.76. The van der Waals surface area contributed by atoms with Gasteiger partial charge in [0.1, 0.15) is 9.84 Å². The van der Waals surface area contributed by atoms with Gasteiger partial charge in [0.05, 0.1) is 16.4 Å². The van der Waals surface area contributed by atoms with Crippen molar-refractivity contribution in [3.05, 3.63) is 24.3 Å². The molecule has 5 nitrogen and oxygen atoms in total. The number of sulfone groups is 2. The molecule has 0 unspecified atom stereocenters. The van der Waals surface area contributed by atoms with Gasteiger partial charge in [0, 0.05) is 18.0 Å². The summed E-state index contributed by atoms with van der Waals surface area (Å²) in [6, 6.07) is 6.65. The Hall–Kier alpha value is -1.08. The van der Waals surface area contributed by atoms with E-state index in [1.807, 2.05) is 0 Å². The van der Waals surface area contributed by atoms with Crippen LogP contribution in [0.4, 0.5) is 5.69 Å². The summed E-state index contributed by atoms with van der Waals surface area (Å²) in [4.78, 5) is 0.282. The summed E-state index contributed by atoms with van der Waals surface area (Å²) in [5.74, 6) is 0.429. The summed E-state index contributed by atoms with van der Waals surface area (Å²) in [5.41, 5.74) is 0.816. The van der Waals surface area contributed by atoms with Crippen LogP contribution in [0.25, 0.3) is 0 Å². The van der Waals surface area contributed by atoms with Crippen LogP contribution < -0.4 is 5.32 Å². The van der Waals surface area contributed by atoms with Crippen LogP contribution in [0, 0.1) is 0 Å². The maximum Gasteiger partial charge on any atom is 0.175 e. The van der Waals surface area contributed by atoms with Crippen LogP contribution in [-0.4, -0.2) is 40.6 Å². The summed E-state index contributed by atoms with van der Waals surface area (Å²) < 4.78 is 45.3. The van der Waals surface area contributed by atoms with Crippen molar-refractivity contribution in [1.82, 2.24) is 0 Å². The number of hydrogen-bond donors (Lipinski definition) is 1. The summed E-state index contributed by atoms with van der Waals surface area (Å²) in [5, 5.41) is 3.24. The molecule has 1 aromatic carbocycles. The maximum atomic E-state index is 11.3. The number of rotatable bonds is 3. The van der Waals surface area contributed by atoms with E-state index in [9.17, 15) is 16.8 Å². The highest BCUT2D eigenvalue weighted by Gasteiger charge is 2.23. The van der Waals surface area contributed by atoms with Gasteiger partial charge >= 0.3 is 0 Å². The number of nitrogens with one attached hydrogen (secondary N) is 1. The van der Waals surface area contributed by atoms with Crippen LogP contribution in [0.15, 0.2) is 29.2 Å². The van der Waals surface area contributed by atoms with Crippen molar-refractivity contribution < 1.29 is 16.8 Å². The molecule has 1 fully saturated rings. The molecule has 0 spiro atoms. The van der Waals surface area contributed by atoms with E-state index in [0.29, 0.717) is 12.8 Å². The minimum atomic E-state index is -3.18. The molecule has 1 N–H and O–H groups in total. The standard InChI is InChI=1S/C12H17NO4S2/c1-18(14,15)12-4-2-10(3-5-12)13-11-6-8-19(16,17)9-7-11/h2-5,11,13H,6-9H2,1H3. The molecule has 7 heteroatoms. The fraction of sp³-hybridized carbons (Fsp3) is 0.500. The molecule has 1 heterocycles. The van der Waals surface area contributed by atoms with Gasteiger partial charge in [0.25, 0.3) is 0 Å². The third kappa shape index (κ3) is 3.94. The molecule has 2 rings (SSSR count). The Morgan fingerprint density at radius 1 is 1.11 bits per heavy atom. The smallest absolute Gasteiger partial charge is 0.175 e. The van der Waals surface area contributed by atoms with Crippen LogP contribution >= 0.6 is 0 Å². The number of benzene rings is 1. The van der Waals surface area contributed by atoms with Crippen LogP contribution in [-0.2, 0) is 19.7 Å². The second-order valence-electron chi connectivity index (χ2n) is 4.87. The highest BCUT2D eigenvalue weighted by atomic mass is 32.2. The zero-order chi connectivity index (χ0) is 14.1. The van der Waals surface area contributed by atoms with E-state index < -0.39 is 19.7 Å². The van der Waals surface area contributed by atoms with E-state index in [4.69, 9.17) is 0 Å². The minimum absolute atomic E-state index is 0.132. The summed E-state index contributed by atoms with van der Waals surface area (Å²) >= 11 is 0. The quantitative estimate of drug-likeness (QED) is 0.903. The maximum absolute atomic E-state index is 11.3. The van der Waals surface area contributed by atoms with E-state index in [1.165, 1.54) is 6.26 Å². The molecule has 0 aromatic heterocycles. The van der Waals surface area contributed by atoms with Gasteiger partial charge in [0.2, 0.25) is 0 Å². The fourth-order valence-corrected chi connectivity index (χ4v) is 4.19. The Balaban J connectivity index is 2.01. The van der Waals surface area contributed by atoms with Gasteiger partial charge in [-0.3, -0.25) is 0 Å². The minimum Gasteiger partial charge on any atom is -0.382 e. The molecule has 0 amide bonds. The largest absolute Gasteiger partial charge is 0.382 e. The van der Waals surface area contributed by atoms with E-state index in [0.717, 1.165) is 5.69 Å². The highest BCUT2D eigenvalue weighted by Crippen LogP contribution is 2.19. The van der Waals surface area contributed by atoms with E-state index >= 15 is 0 Å². The van der Waals surface area contributed by atoms with E-state index in [-0.39, 0.29) is 22.4 Å². The third-order valence-electron chi connectivity index (χ3n) is 3.21. The van der Waals surface area contributed by atoms with Crippen LogP contribution in [0.5, 0.6) is 0 Å². The topological polar surface area (TPSA) is 80.3 Å². The molecule has 1 aromatic rings. The molecule has 0 saturated carbocycles. The summed E-state index contributed by atoms with van der Waals surface area (Å²) in [7, 11) is -6.03. The molecule has 0 radical (unpaired) electrons. The lowest BCUT2D eigenvalue weighted by Crippen LogP contribution is -2.32. The summed E-state index contributed by atoms with van der Waals surface area (Å²) in [6.07, 6.45) is 2.35. The Morgan fingerprint density at radius 2 is 1.63 bits per heavy atom. The van der Waals surface area contributed by atoms with Crippen molar-refractivity contribution in [2.75, 3.05) is 23.1 Å². The van der Waals surface area contributed by atoms with Gasteiger partial charge in [0.15, 0.2) is 9.84 Å². The van der Waals surface area contributed by atoms with Crippen LogP contribution in [0.1, 0.15) is 12.8 Å². The second-order valence-corrected chi connectivity index (χ2v) is 9.19. The van der Waals surface area contributed by atoms with E-state index in [1.54, 1.807) is 24.3 Å². The average molecular weight is 303 g/mol. The molecule has 19 heavy (non-hydrogen) atoms. The van der Waals surface area contributed by atoms with Gasteiger partial charge in [-0.05, 0) is 37.1 Å². The van der Waals surface area contributed by atoms with Gasteiger partial charge in [-0.1, -0.05) is 0 Å². The molecule has 1 aliphatic rings. The van der Waals surface area contributed by atoms with E-state index in [2.05, 4.69) is 5.32 Å². The first-order valence-electron chi connectivity index (χ1n) is 6.03. The molecule has 0 bridgehead atoms. The van der Waals surface area contributed by atoms with Crippen LogP contribution in [0.2, 0.25) is 0 Å². The van der Waals surface area contributed by atoms with Crippen molar-refractivity contribution in [3.8, 4) is 0 Å². The zero-order valence-corrected chi connectivity index (χ0v) is 12.3. The SMILES string of the molecule is CS(=O)(=O)c1ccc(NC2CCS(=O)(=O)CC2)cc1. The monoisotopic (exact) mass is 303 g/mol. The molecule has 0 aliphatic carbocycles. The molecular formula is C12H17NO4S2. The molecule has 1 aliphatic heterocycles. The second kappa shape index (κ2) is 5.13. The summed E-state index contributed by atoms with van der Waals surface area (Å²) in [6.45, 7) is 0. The zero-order valence-electron chi connectivity index (χ0n) is 10.7. The van der Waals surface area contributed by atoms with Gasteiger partial charge in [-0.2, -0.15) is 0 Å². The van der Waals surface area contributed by atoms with Crippen molar-refractivity contribution >= 4 is 25.4 Å². The highest BCUT2D eigenvalue weighted by molar-refractivity contribution is 7.91. The average Bonchev–Trinajstić information content (AvgIpc) is 2.31. The first-order valence-corrected chi connectivity index (χ1v) is 9.75. The Kier molecular flexibility index (Phi) is 3.87. The Labute approximate surface area is 113 Å². The number of anilines is 1. The van der Waals surface area contributed by atoms with Crippen molar-refractivity contribution in [1.29, 1.82) is 0 Å². The van der Waals surface area contributed by atoms with Gasteiger partial charge in [-0.15, -0.1) is 0 Å². The molecule has 106 valence electrons.